The molecule has 2 atom stereocenters. The van der Waals surface area contributed by atoms with Gasteiger partial charge in [0, 0.05) is 0 Å². The van der Waals surface area contributed by atoms with Crippen molar-refractivity contribution in [3.63, 3.8) is 0 Å². The second kappa shape index (κ2) is 4.11. The average Bonchev–Trinajstić information content (AvgIpc) is 2.66. The van der Waals surface area contributed by atoms with Gasteiger partial charge in [0.2, 0.25) is 0 Å². The van der Waals surface area contributed by atoms with Crippen LogP contribution in [-0.2, 0) is 18.9 Å². The van der Waals surface area contributed by atoms with Gasteiger partial charge in [-0.1, -0.05) is 12.2 Å². The SMILES string of the molecule is CC1(C)OC[C@@H](/C=C/[C@H]2COC(C)(C)O2)O1. The van der Waals surface area contributed by atoms with Crippen molar-refractivity contribution in [3.8, 4) is 0 Å². The predicted molar refractivity (Wildman–Crippen MR) is 58.9 cm³/mol. The van der Waals surface area contributed by atoms with Gasteiger partial charge in [-0.3, -0.25) is 0 Å². The van der Waals surface area contributed by atoms with Gasteiger partial charge >= 0.3 is 0 Å². The zero-order chi connectivity index (χ0) is 11.8. The molecule has 0 radical (unpaired) electrons. The van der Waals surface area contributed by atoms with E-state index in [0.29, 0.717) is 13.2 Å². The summed E-state index contributed by atoms with van der Waals surface area (Å²) in [4.78, 5) is 0. The first-order chi connectivity index (χ1) is 7.36. The molecule has 16 heavy (non-hydrogen) atoms. The molecule has 0 unspecified atom stereocenters. The summed E-state index contributed by atoms with van der Waals surface area (Å²) in [5.74, 6) is -0.942. The van der Waals surface area contributed by atoms with Crippen molar-refractivity contribution in [2.75, 3.05) is 13.2 Å². The summed E-state index contributed by atoms with van der Waals surface area (Å²) in [6.45, 7) is 8.86. The summed E-state index contributed by atoms with van der Waals surface area (Å²) < 4.78 is 22.2. The smallest absolute Gasteiger partial charge is 0.163 e. The van der Waals surface area contributed by atoms with Crippen molar-refractivity contribution in [2.45, 2.75) is 51.5 Å². The van der Waals surface area contributed by atoms with Crippen LogP contribution in [0.25, 0.3) is 0 Å². The van der Waals surface area contributed by atoms with Crippen LogP contribution in [-0.4, -0.2) is 37.0 Å². The van der Waals surface area contributed by atoms with Crippen LogP contribution in [0.15, 0.2) is 12.2 Å². The van der Waals surface area contributed by atoms with Crippen LogP contribution in [0.2, 0.25) is 0 Å². The van der Waals surface area contributed by atoms with Crippen LogP contribution < -0.4 is 0 Å². The third-order valence-corrected chi connectivity index (χ3v) is 2.60. The highest BCUT2D eigenvalue weighted by Crippen LogP contribution is 2.25. The lowest BCUT2D eigenvalue weighted by Crippen LogP contribution is -2.21. The van der Waals surface area contributed by atoms with Crippen LogP contribution in [0, 0.1) is 0 Å². The molecule has 4 heteroatoms. The molecule has 2 heterocycles. The minimum atomic E-state index is -0.471. The van der Waals surface area contributed by atoms with Gasteiger partial charge in [0.1, 0.15) is 12.2 Å². The van der Waals surface area contributed by atoms with E-state index in [2.05, 4.69) is 0 Å². The highest BCUT2D eigenvalue weighted by atomic mass is 16.7. The molecule has 2 rings (SSSR count). The number of ether oxygens (including phenoxy) is 4. The van der Waals surface area contributed by atoms with E-state index in [1.165, 1.54) is 0 Å². The first-order valence-electron chi connectivity index (χ1n) is 5.68. The summed E-state index contributed by atoms with van der Waals surface area (Å²) >= 11 is 0. The maximum Gasteiger partial charge on any atom is 0.163 e. The highest BCUT2D eigenvalue weighted by Gasteiger charge is 2.33. The van der Waals surface area contributed by atoms with E-state index in [0.717, 1.165) is 0 Å². The van der Waals surface area contributed by atoms with Crippen LogP contribution in [0.4, 0.5) is 0 Å². The van der Waals surface area contributed by atoms with Crippen molar-refractivity contribution in [1.82, 2.24) is 0 Å². The second-order valence-corrected chi connectivity index (χ2v) is 5.12. The van der Waals surface area contributed by atoms with Crippen LogP contribution in [0.1, 0.15) is 27.7 Å². The maximum absolute atomic E-state index is 5.66. The van der Waals surface area contributed by atoms with Crippen LogP contribution >= 0.6 is 0 Å². The number of hydrogen-bond donors (Lipinski definition) is 0. The standard InChI is InChI=1S/C12H20O4/c1-11(2)13-7-9(15-11)5-6-10-8-14-12(3,4)16-10/h5-6,9-10H,7-8H2,1-4H3/b6-5+/t9-,10+. The van der Waals surface area contributed by atoms with Crippen LogP contribution in [0.5, 0.6) is 0 Å². The molecule has 4 nitrogen and oxygen atoms in total. The third-order valence-electron chi connectivity index (χ3n) is 2.60. The Morgan fingerprint density at radius 3 is 1.44 bits per heavy atom. The summed E-state index contributed by atoms with van der Waals surface area (Å²) in [6, 6.07) is 0. The Kier molecular flexibility index (Phi) is 3.09. The summed E-state index contributed by atoms with van der Waals surface area (Å²) in [5.41, 5.74) is 0. The maximum atomic E-state index is 5.66. The lowest BCUT2D eigenvalue weighted by atomic mass is 10.2. The molecule has 2 aliphatic rings. The quantitative estimate of drug-likeness (QED) is 0.676. The fraction of sp³-hybridized carbons (Fsp3) is 0.833. The van der Waals surface area contributed by atoms with E-state index in [9.17, 15) is 0 Å². The lowest BCUT2D eigenvalue weighted by Gasteiger charge is -2.16. The zero-order valence-electron chi connectivity index (χ0n) is 10.4. The number of hydrogen-bond acceptors (Lipinski definition) is 4. The molecule has 0 N–H and O–H groups in total. The Labute approximate surface area is 96.5 Å². The van der Waals surface area contributed by atoms with Crippen molar-refractivity contribution in [3.05, 3.63) is 12.2 Å². The van der Waals surface area contributed by atoms with Gasteiger partial charge in [-0.05, 0) is 27.7 Å². The molecule has 0 aromatic rings. The molecule has 0 aromatic carbocycles. The summed E-state index contributed by atoms with van der Waals surface area (Å²) in [5, 5.41) is 0. The molecule has 92 valence electrons. The van der Waals surface area contributed by atoms with E-state index in [4.69, 9.17) is 18.9 Å². The van der Waals surface area contributed by atoms with E-state index < -0.39 is 11.6 Å². The minimum absolute atomic E-state index is 0.0160. The molecule has 0 aromatic heterocycles. The molecule has 0 amide bonds. The largest absolute Gasteiger partial charge is 0.347 e. The molecule has 0 aliphatic carbocycles. The Morgan fingerprint density at radius 1 is 0.812 bits per heavy atom. The Balaban J connectivity index is 1.82. The molecule has 2 saturated heterocycles. The number of rotatable bonds is 2. The topological polar surface area (TPSA) is 36.9 Å². The van der Waals surface area contributed by atoms with Crippen molar-refractivity contribution < 1.29 is 18.9 Å². The summed E-state index contributed by atoms with van der Waals surface area (Å²) in [6.07, 6.45) is 4.01. The third kappa shape index (κ3) is 3.04. The van der Waals surface area contributed by atoms with Gasteiger partial charge in [-0.15, -0.1) is 0 Å². The second-order valence-electron chi connectivity index (χ2n) is 5.12. The zero-order valence-corrected chi connectivity index (χ0v) is 10.4. The Bertz CT molecular complexity index is 255. The summed E-state index contributed by atoms with van der Waals surface area (Å²) in [7, 11) is 0. The molecule has 0 saturated carbocycles. The Hall–Kier alpha value is -0.420. The first-order valence-corrected chi connectivity index (χ1v) is 5.68. The van der Waals surface area contributed by atoms with E-state index >= 15 is 0 Å². The molecule has 2 fully saturated rings. The van der Waals surface area contributed by atoms with Crippen molar-refractivity contribution >= 4 is 0 Å². The highest BCUT2D eigenvalue weighted by molar-refractivity contribution is 4.99. The molecule has 2 aliphatic heterocycles. The van der Waals surface area contributed by atoms with Gasteiger partial charge < -0.3 is 18.9 Å². The normalized spacial score (nSPS) is 37.2. The van der Waals surface area contributed by atoms with Gasteiger partial charge in [0.15, 0.2) is 11.6 Å². The van der Waals surface area contributed by atoms with Crippen molar-refractivity contribution in [2.24, 2.45) is 0 Å². The molecule has 0 spiro atoms. The van der Waals surface area contributed by atoms with E-state index in [-0.39, 0.29) is 12.2 Å². The monoisotopic (exact) mass is 228 g/mol. The molecular weight excluding hydrogens is 208 g/mol. The van der Waals surface area contributed by atoms with Crippen LogP contribution in [0.3, 0.4) is 0 Å². The van der Waals surface area contributed by atoms with Gasteiger partial charge in [0.05, 0.1) is 13.2 Å². The van der Waals surface area contributed by atoms with Crippen molar-refractivity contribution in [1.29, 1.82) is 0 Å². The lowest BCUT2D eigenvalue weighted by molar-refractivity contribution is -0.135. The van der Waals surface area contributed by atoms with Gasteiger partial charge in [-0.2, -0.15) is 0 Å². The van der Waals surface area contributed by atoms with Gasteiger partial charge in [-0.25, -0.2) is 0 Å². The fourth-order valence-electron chi connectivity index (χ4n) is 1.87. The van der Waals surface area contributed by atoms with E-state index in [1.807, 2.05) is 39.8 Å². The first kappa shape index (κ1) is 12.0. The fourth-order valence-corrected chi connectivity index (χ4v) is 1.87. The van der Waals surface area contributed by atoms with Gasteiger partial charge in [0.25, 0.3) is 0 Å². The predicted octanol–water partition coefficient (Wildman–Crippen LogP) is 1.85. The Morgan fingerprint density at radius 2 is 1.19 bits per heavy atom. The molecule has 0 bridgehead atoms. The average molecular weight is 228 g/mol. The molecular formula is C12H20O4. The van der Waals surface area contributed by atoms with E-state index in [1.54, 1.807) is 0 Å². The minimum Gasteiger partial charge on any atom is -0.347 e.